The Kier molecular flexibility index (Phi) is 4.87. The van der Waals surface area contributed by atoms with E-state index in [9.17, 15) is 14.7 Å². The fourth-order valence-electron chi connectivity index (χ4n) is 2.13. The lowest BCUT2D eigenvalue weighted by atomic mass is 10.2. The monoisotopic (exact) mass is 419 g/mol. The van der Waals surface area contributed by atoms with Gasteiger partial charge in [-0.15, -0.1) is 0 Å². The summed E-state index contributed by atoms with van der Waals surface area (Å²) in [6, 6.07) is 14.3. The number of halogens is 2. The van der Waals surface area contributed by atoms with Crippen LogP contribution < -0.4 is 10.9 Å². The topological polar surface area (TPSA) is 84.2 Å². The van der Waals surface area contributed by atoms with Crippen molar-refractivity contribution >= 4 is 39.1 Å². The summed E-state index contributed by atoms with van der Waals surface area (Å²) in [6.45, 7) is 0. The second kappa shape index (κ2) is 7.08. The third-order valence-corrected chi connectivity index (χ3v) is 4.04. The molecule has 1 heterocycles. The number of nitrogens with zero attached hydrogens (tertiary/aromatic N) is 2. The van der Waals surface area contributed by atoms with Crippen LogP contribution in [0.2, 0.25) is 5.02 Å². The maximum Gasteiger partial charge on any atom is 0.279 e. The summed E-state index contributed by atoms with van der Waals surface area (Å²) in [5.74, 6) is -1.16. The van der Waals surface area contributed by atoms with Crippen molar-refractivity contribution < 1.29 is 9.90 Å². The van der Waals surface area contributed by atoms with Gasteiger partial charge in [-0.3, -0.25) is 9.59 Å². The summed E-state index contributed by atoms with van der Waals surface area (Å²) in [5, 5.41) is 17.0. The van der Waals surface area contributed by atoms with Crippen LogP contribution >= 0.6 is 27.5 Å². The Morgan fingerprint density at radius 2 is 1.88 bits per heavy atom. The van der Waals surface area contributed by atoms with Crippen molar-refractivity contribution in [3.8, 4) is 11.4 Å². The Bertz CT molecular complexity index is 1000. The average molecular weight is 421 g/mol. The lowest BCUT2D eigenvalue weighted by Crippen LogP contribution is -2.25. The van der Waals surface area contributed by atoms with Crippen molar-refractivity contribution in [2.75, 3.05) is 5.32 Å². The summed E-state index contributed by atoms with van der Waals surface area (Å²) >= 11 is 9.18. The molecule has 0 aliphatic rings. The molecule has 3 rings (SSSR count). The highest BCUT2D eigenvalue weighted by atomic mass is 79.9. The predicted octanol–water partition coefficient (Wildman–Crippen LogP) is 3.61. The van der Waals surface area contributed by atoms with E-state index >= 15 is 0 Å². The van der Waals surface area contributed by atoms with Crippen LogP contribution in [-0.2, 0) is 0 Å². The normalized spacial score (nSPS) is 10.5. The molecule has 0 aliphatic carbocycles. The fraction of sp³-hybridized carbons (Fsp3) is 0. The highest BCUT2D eigenvalue weighted by Crippen LogP contribution is 2.19. The van der Waals surface area contributed by atoms with Gasteiger partial charge in [-0.05, 0) is 42.5 Å². The van der Waals surface area contributed by atoms with Gasteiger partial charge in [0, 0.05) is 21.2 Å². The number of rotatable bonds is 3. The lowest BCUT2D eigenvalue weighted by molar-refractivity contribution is 0.101. The second-order valence-electron chi connectivity index (χ2n) is 5.07. The molecule has 0 spiro atoms. The summed E-state index contributed by atoms with van der Waals surface area (Å²) < 4.78 is 1.88. The Labute approximate surface area is 155 Å². The first-order chi connectivity index (χ1) is 11.9. The number of carbonyl (C=O) groups excluding carboxylic acids is 1. The van der Waals surface area contributed by atoms with E-state index in [0.29, 0.717) is 16.4 Å². The zero-order valence-corrected chi connectivity index (χ0v) is 15.0. The van der Waals surface area contributed by atoms with Crippen LogP contribution in [0.4, 0.5) is 5.69 Å². The van der Waals surface area contributed by atoms with Gasteiger partial charge in [0.2, 0.25) is 0 Å². The number of carbonyl (C=O) groups is 1. The van der Waals surface area contributed by atoms with Crippen molar-refractivity contribution in [3.05, 3.63) is 80.1 Å². The van der Waals surface area contributed by atoms with E-state index in [1.165, 1.54) is 0 Å². The molecule has 1 aromatic heterocycles. The van der Waals surface area contributed by atoms with E-state index in [1.807, 2.05) is 0 Å². The molecule has 1 amide bonds. The largest absolute Gasteiger partial charge is 0.505 e. The molecule has 0 atom stereocenters. The van der Waals surface area contributed by atoms with Crippen LogP contribution in [0.3, 0.4) is 0 Å². The van der Waals surface area contributed by atoms with Crippen molar-refractivity contribution in [1.29, 1.82) is 0 Å². The van der Waals surface area contributed by atoms with Crippen LogP contribution in [0.25, 0.3) is 5.69 Å². The van der Waals surface area contributed by atoms with E-state index in [2.05, 4.69) is 26.3 Å². The van der Waals surface area contributed by atoms with E-state index in [0.717, 1.165) is 15.2 Å². The summed E-state index contributed by atoms with van der Waals surface area (Å²) in [7, 11) is 0. The van der Waals surface area contributed by atoms with Crippen LogP contribution in [0.15, 0.2) is 63.9 Å². The standard InChI is InChI=1S/C17H11BrClN3O3/c18-10-4-6-13(7-5-10)22-15(24)9-14(23)16(21-22)17(25)20-12-3-1-2-11(19)8-12/h1-9,23H,(H,20,25). The molecule has 3 aromatic rings. The summed E-state index contributed by atoms with van der Waals surface area (Å²) in [6.07, 6.45) is 0. The molecule has 2 N–H and O–H groups in total. The molecule has 0 aliphatic heterocycles. The molecule has 25 heavy (non-hydrogen) atoms. The van der Waals surface area contributed by atoms with Gasteiger partial charge in [-0.1, -0.05) is 33.6 Å². The van der Waals surface area contributed by atoms with Gasteiger partial charge in [0.15, 0.2) is 11.4 Å². The van der Waals surface area contributed by atoms with Gasteiger partial charge < -0.3 is 10.4 Å². The van der Waals surface area contributed by atoms with Crippen molar-refractivity contribution in [1.82, 2.24) is 9.78 Å². The molecule has 0 saturated heterocycles. The minimum Gasteiger partial charge on any atom is -0.505 e. The summed E-state index contributed by atoms with van der Waals surface area (Å²) in [4.78, 5) is 24.5. The number of hydrogen-bond acceptors (Lipinski definition) is 4. The molecule has 6 nitrogen and oxygen atoms in total. The fourth-order valence-corrected chi connectivity index (χ4v) is 2.59. The average Bonchev–Trinajstić information content (AvgIpc) is 2.56. The minimum atomic E-state index is -0.661. The number of nitrogens with one attached hydrogen (secondary N) is 1. The van der Waals surface area contributed by atoms with Crippen molar-refractivity contribution in [3.63, 3.8) is 0 Å². The molecule has 0 unspecified atom stereocenters. The van der Waals surface area contributed by atoms with E-state index < -0.39 is 17.2 Å². The Hall–Kier alpha value is -2.64. The number of anilines is 1. The predicted molar refractivity (Wildman–Crippen MR) is 98.6 cm³/mol. The van der Waals surface area contributed by atoms with E-state index in [4.69, 9.17) is 11.6 Å². The number of aromatic nitrogens is 2. The second-order valence-corrected chi connectivity index (χ2v) is 6.42. The quantitative estimate of drug-likeness (QED) is 0.678. The van der Waals surface area contributed by atoms with Crippen molar-refractivity contribution in [2.24, 2.45) is 0 Å². The first-order valence-corrected chi connectivity index (χ1v) is 8.27. The zero-order valence-electron chi connectivity index (χ0n) is 12.6. The molecule has 8 heteroatoms. The molecular formula is C17H11BrClN3O3. The number of hydrogen-bond donors (Lipinski definition) is 2. The van der Waals surface area contributed by atoms with Crippen LogP contribution in [-0.4, -0.2) is 20.8 Å². The number of aromatic hydroxyl groups is 1. The molecule has 0 bridgehead atoms. The van der Waals surface area contributed by atoms with Crippen LogP contribution in [0, 0.1) is 0 Å². The first-order valence-electron chi connectivity index (χ1n) is 7.10. The number of amides is 1. The minimum absolute atomic E-state index is 0.275. The van der Waals surface area contributed by atoms with Crippen molar-refractivity contribution in [2.45, 2.75) is 0 Å². The first kappa shape index (κ1) is 17.2. The van der Waals surface area contributed by atoms with Crippen LogP contribution in [0.1, 0.15) is 10.5 Å². The van der Waals surface area contributed by atoms with E-state index in [-0.39, 0.29) is 5.69 Å². The van der Waals surface area contributed by atoms with Gasteiger partial charge >= 0.3 is 0 Å². The smallest absolute Gasteiger partial charge is 0.279 e. The van der Waals surface area contributed by atoms with Gasteiger partial charge in [0.1, 0.15) is 0 Å². The third kappa shape index (κ3) is 3.89. The molecule has 126 valence electrons. The lowest BCUT2D eigenvalue weighted by Gasteiger charge is -2.10. The Balaban J connectivity index is 1.98. The SMILES string of the molecule is O=C(Nc1cccc(Cl)c1)c1nn(-c2ccc(Br)cc2)c(=O)cc1O. The maximum absolute atomic E-state index is 12.4. The van der Waals surface area contributed by atoms with E-state index in [1.54, 1.807) is 48.5 Å². The zero-order chi connectivity index (χ0) is 18.0. The molecule has 0 saturated carbocycles. The Morgan fingerprint density at radius 3 is 2.56 bits per heavy atom. The molecular weight excluding hydrogens is 410 g/mol. The molecule has 0 fully saturated rings. The van der Waals surface area contributed by atoms with Gasteiger partial charge in [-0.2, -0.15) is 9.78 Å². The highest BCUT2D eigenvalue weighted by molar-refractivity contribution is 9.10. The number of benzene rings is 2. The summed E-state index contributed by atoms with van der Waals surface area (Å²) in [5.41, 5.74) is 0.0757. The van der Waals surface area contributed by atoms with Gasteiger partial charge in [-0.25, -0.2) is 0 Å². The van der Waals surface area contributed by atoms with Gasteiger partial charge in [0.25, 0.3) is 11.5 Å². The Morgan fingerprint density at radius 1 is 1.16 bits per heavy atom. The maximum atomic E-state index is 12.4. The highest BCUT2D eigenvalue weighted by Gasteiger charge is 2.17. The third-order valence-electron chi connectivity index (χ3n) is 3.28. The molecule has 2 aromatic carbocycles. The molecule has 0 radical (unpaired) electrons. The van der Waals surface area contributed by atoms with Gasteiger partial charge in [0.05, 0.1) is 5.69 Å². The van der Waals surface area contributed by atoms with Crippen LogP contribution in [0.5, 0.6) is 5.75 Å².